The first-order chi connectivity index (χ1) is 11.0. The van der Waals surface area contributed by atoms with E-state index in [0.29, 0.717) is 12.1 Å². The number of rotatable bonds is 5. The first-order valence-corrected chi connectivity index (χ1v) is 8.14. The minimum Gasteiger partial charge on any atom is -0.352 e. The monoisotopic (exact) mass is 374 g/mol. The van der Waals surface area contributed by atoms with Crippen LogP contribution in [0.2, 0.25) is 0 Å². The zero-order valence-corrected chi connectivity index (χ0v) is 14.7. The summed E-state index contributed by atoms with van der Waals surface area (Å²) in [5, 5.41) is 5.71. The topological polar surface area (TPSA) is 58.2 Å². The van der Waals surface area contributed by atoms with Crippen LogP contribution in [-0.2, 0) is 11.3 Å². The van der Waals surface area contributed by atoms with E-state index in [1.54, 1.807) is 12.1 Å². The van der Waals surface area contributed by atoms with Gasteiger partial charge in [0.1, 0.15) is 0 Å². The second-order valence-corrected chi connectivity index (χ2v) is 6.27. The van der Waals surface area contributed by atoms with Gasteiger partial charge in [-0.3, -0.25) is 9.59 Å². The summed E-state index contributed by atoms with van der Waals surface area (Å²) in [6.07, 6.45) is 0. The van der Waals surface area contributed by atoms with E-state index in [-0.39, 0.29) is 17.9 Å². The average Bonchev–Trinajstić information content (AvgIpc) is 2.53. The van der Waals surface area contributed by atoms with Crippen LogP contribution in [0.3, 0.4) is 0 Å². The maximum absolute atomic E-state index is 12.3. The molecule has 2 aromatic carbocycles. The van der Waals surface area contributed by atoms with Crippen LogP contribution in [0.25, 0.3) is 0 Å². The minimum atomic E-state index is -0.122. The van der Waals surface area contributed by atoms with Gasteiger partial charge in [-0.2, -0.15) is 0 Å². The van der Waals surface area contributed by atoms with Gasteiger partial charge in [-0.1, -0.05) is 40.2 Å². The second-order valence-electron chi connectivity index (χ2n) is 5.36. The Bertz CT molecular complexity index is 698. The van der Waals surface area contributed by atoms with Gasteiger partial charge < -0.3 is 10.6 Å². The largest absolute Gasteiger partial charge is 0.352 e. The predicted octanol–water partition coefficient (Wildman–Crippen LogP) is 3.58. The number of hydrogen-bond donors (Lipinski definition) is 2. The Hall–Kier alpha value is -2.14. The Morgan fingerprint density at radius 1 is 1.13 bits per heavy atom. The van der Waals surface area contributed by atoms with Crippen molar-refractivity contribution in [2.45, 2.75) is 26.4 Å². The summed E-state index contributed by atoms with van der Waals surface area (Å²) in [7, 11) is 0. The summed E-state index contributed by atoms with van der Waals surface area (Å²) >= 11 is 3.43. The molecule has 2 amide bonds. The molecule has 0 fully saturated rings. The van der Waals surface area contributed by atoms with Crippen molar-refractivity contribution in [3.8, 4) is 0 Å². The number of nitrogens with one attached hydrogen (secondary N) is 2. The Morgan fingerprint density at radius 2 is 1.83 bits per heavy atom. The Morgan fingerprint density at radius 3 is 2.43 bits per heavy atom. The molecular formula is C18H19BrN2O2. The van der Waals surface area contributed by atoms with Gasteiger partial charge in [0.05, 0.1) is 6.04 Å². The van der Waals surface area contributed by atoms with Gasteiger partial charge in [-0.25, -0.2) is 0 Å². The van der Waals surface area contributed by atoms with Crippen LogP contribution in [-0.4, -0.2) is 11.8 Å². The second kappa shape index (κ2) is 7.92. The van der Waals surface area contributed by atoms with Gasteiger partial charge in [0, 0.05) is 23.5 Å². The van der Waals surface area contributed by atoms with E-state index in [1.807, 2.05) is 43.3 Å². The summed E-state index contributed by atoms with van der Waals surface area (Å²) < 4.78 is 0.985. The fourth-order valence-electron chi connectivity index (χ4n) is 2.14. The molecule has 0 aliphatic carbocycles. The van der Waals surface area contributed by atoms with Crippen molar-refractivity contribution in [3.05, 3.63) is 69.7 Å². The number of amides is 2. The fraction of sp³-hybridized carbons (Fsp3) is 0.222. The molecule has 0 spiro atoms. The smallest absolute Gasteiger partial charge is 0.251 e. The number of hydrogen-bond acceptors (Lipinski definition) is 2. The molecule has 0 saturated heterocycles. The van der Waals surface area contributed by atoms with E-state index in [1.165, 1.54) is 6.92 Å². The van der Waals surface area contributed by atoms with E-state index in [4.69, 9.17) is 0 Å². The van der Waals surface area contributed by atoms with E-state index < -0.39 is 0 Å². The highest BCUT2D eigenvalue weighted by atomic mass is 79.9. The lowest BCUT2D eigenvalue weighted by Crippen LogP contribution is -2.26. The molecule has 1 unspecified atom stereocenters. The van der Waals surface area contributed by atoms with Crippen LogP contribution in [0, 0.1) is 0 Å². The van der Waals surface area contributed by atoms with Crippen molar-refractivity contribution >= 4 is 27.7 Å². The van der Waals surface area contributed by atoms with Gasteiger partial charge >= 0.3 is 0 Å². The summed E-state index contributed by atoms with van der Waals surface area (Å²) in [6, 6.07) is 15.0. The van der Waals surface area contributed by atoms with Crippen LogP contribution in [0.1, 0.15) is 41.4 Å². The van der Waals surface area contributed by atoms with Gasteiger partial charge in [0.2, 0.25) is 5.91 Å². The third-order valence-corrected chi connectivity index (χ3v) is 3.95. The highest BCUT2D eigenvalue weighted by Crippen LogP contribution is 2.18. The predicted molar refractivity (Wildman–Crippen MR) is 94.0 cm³/mol. The summed E-state index contributed by atoms with van der Waals surface area (Å²) in [4.78, 5) is 23.2. The molecule has 0 aliphatic heterocycles. The minimum absolute atomic E-state index is 0.0744. The van der Waals surface area contributed by atoms with E-state index in [0.717, 1.165) is 15.6 Å². The molecule has 0 bridgehead atoms. The van der Waals surface area contributed by atoms with Crippen molar-refractivity contribution in [1.29, 1.82) is 0 Å². The molecule has 0 aliphatic rings. The first-order valence-electron chi connectivity index (χ1n) is 7.35. The van der Waals surface area contributed by atoms with Crippen molar-refractivity contribution in [2.75, 3.05) is 0 Å². The molecule has 23 heavy (non-hydrogen) atoms. The molecule has 0 radical (unpaired) electrons. The number of benzene rings is 2. The molecule has 4 nitrogen and oxygen atoms in total. The maximum Gasteiger partial charge on any atom is 0.251 e. The lowest BCUT2D eigenvalue weighted by atomic mass is 10.1. The molecule has 0 heterocycles. The third kappa shape index (κ3) is 5.21. The molecule has 2 rings (SSSR count). The molecule has 2 N–H and O–H groups in total. The van der Waals surface area contributed by atoms with Crippen molar-refractivity contribution in [2.24, 2.45) is 0 Å². The van der Waals surface area contributed by atoms with Crippen molar-refractivity contribution in [3.63, 3.8) is 0 Å². The molecule has 1 atom stereocenters. The van der Waals surface area contributed by atoms with Crippen molar-refractivity contribution in [1.82, 2.24) is 10.6 Å². The summed E-state index contributed by atoms with van der Waals surface area (Å²) in [5.41, 5.74) is 2.59. The van der Waals surface area contributed by atoms with E-state index in [9.17, 15) is 9.59 Å². The molecule has 5 heteroatoms. The lowest BCUT2D eigenvalue weighted by Gasteiger charge is -2.15. The molecular weight excluding hydrogens is 356 g/mol. The quantitative estimate of drug-likeness (QED) is 0.840. The lowest BCUT2D eigenvalue weighted by molar-refractivity contribution is -0.119. The first kappa shape index (κ1) is 17.2. The SMILES string of the molecule is CC(=O)NCc1ccc(C(=O)NC(C)c2cccc(Br)c2)cc1. The van der Waals surface area contributed by atoms with Crippen LogP contribution >= 0.6 is 15.9 Å². The fourth-order valence-corrected chi connectivity index (χ4v) is 2.56. The zero-order chi connectivity index (χ0) is 16.8. The maximum atomic E-state index is 12.3. The highest BCUT2D eigenvalue weighted by molar-refractivity contribution is 9.10. The average molecular weight is 375 g/mol. The Balaban J connectivity index is 1.98. The van der Waals surface area contributed by atoms with Gasteiger partial charge in [0.15, 0.2) is 0 Å². The van der Waals surface area contributed by atoms with Crippen LogP contribution in [0.4, 0.5) is 0 Å². The number of carbonyl (C=O) groups is 2. The van der Waals surface area contributed by atoms with Crippen LogP contribution in [0.5, 0.6) is 0 Å². The van der Waals surface area contributed by atoms with Crippen LogP contribution in [0.15, 0.2) is 53.0 Å². The summed E-state index contributed by atoms with van der Waals surface area (Å²) in [6.45, 7) is 3.89. The molecule has 2 aromatic rings. The number of halogens is 1. The number of carbonyl (C=O) groups excluding carboxylic acids is 2. The van der Waals surface area contributed by atoms with Gasteiger partial charge in [-0.15, -0.1) is 0 Å². The molecule has 0 saturated carbocycles. The van der Waals surface area contributed by atoms with Gasteiger partial charge in [-0.05, 0) is 42.3 Å². The molecule has 120 valence electrons. The third-order valence-electron chi connectivity index (χ3n) is 3.45. The van der Waals surface area contributed by atoms with E-state index >= 15 is 0 Å². The standard InChI is InChI=1S/C18H19BrN2O2/c1-12(16-4-3-5-17(19)10-16)21-18(23)15-8-6-14(7-9-15)11-20-13(2)22/h3-10,12H,11H2,1-2H3,(H,20,22)(H,21,23). The van der Waals surface area contributed by atoms with E-state index in [2.05, 4.69) is 26.6 Å². The normalized spacial score (nSPS) is 11.6. The van der Waals surface area contributed by atoms with Crippen molar-refractivity contribution < 1.29 is 9.59 Å². The molecule has 0 aromatic heterocycles. The Labute approximate surface area is 144 Å². The van der Waals surface area contributed by atoms with Gasteiger partial charge in [0.25, 0.3) is 5.91 Å². The zero-order valence-electron chi connectivity index (χ0n) is 13.1. The summed E-state index contributed by atoms with van der Waals surface area (Å²) in [5.74, 6) is -0.196. The van der Waals surface area contributed by atoms with Crippen LogP contribution < -0.4 is 10.6 Å². The highest BCUT2D eigenvalue weighted by Gasteiger charge is 2.11. The Kier molecular flexibility index (Phi) is 5.93.